The molecule has 7 heteroatoms. The third-order valence-corrected chi connectivity index (χ3v) is 10.1. The van der Waals surface area contributed by atoms with Gasteiger partial charge in [0.1, 0.15) is 11.6 Å². The second-order valence-electron chi connectivity index (χ2n) is 12.0. The molecule has 4 unspecified atom stereocenters. The van der Waals surface area contributed by atoms with Crippen LogP contribution in [0.15, 0.2) is 72.0 Å². The van der Waals surface area contributed by atoms with Crippen molar-refractivity contribution in [3.05, 3.63) is 95.1 Å². The third kappa shape index (κ3) is 4.55. The lowest BCUT2D eigenvalue weighted by Gasteiger charge is -2.51. The quantitative estimate of drug-likeness (QED) is 0.247. The van der Waals surface area contributed by atoms with Crippen LogP contribution in [0.1, 0.15) is 78.0 Å². The van der Waals surface area contributed by atoms with Crippen LogP contribution in [0.2, 0.25) is 0 Å². The van der Waals surface area contributed by atoms with Crippen LogP contribution in [-0.2, 0) is 6.42 Å². The fraction of sp³-hybridized carbons (Fsp3) is 0.424. The number of phenols is 1. The second-order valence-corrected chi connectivity index (χ2v) is 12.0. The first-order valence-electron chi connectivity index (χ1n) is 14.4. The molecule has 3 aliphatic carbocycles. The number of amides is 1. The molecule has 2 saturated carbocycles. The van der Waals surface area contributed by atoms with Gasteiger partial charge in [0.05, 0.1) is 17.5 Å². The highest BCUT2D eigenvalue weighted by atomic mass is 19.1. The number of aryl methyl sites for hydroxylation is 1. The van der Waals surface area contributed by atoms with E-state index in [1.807, 2.05) is 0 Å². The van der Waals surface area contributed by atoms with E-state index >= 15 is 0 Å². The lowest BCUT2D eigenvalue weighted by molar-refractivity contribution is 0.0476. The normalized spacial score (nSPS) is 28.8. The van der Waals surface area contributed by atoms with E-state index < -0.39 is 0 Å². The molecular formula is C33H36FN3O3. The number of para-hydroxylation sites is 1. The number of pyridine rings is 1. The minimum absolute atomic E-state index is 0.0575. The van der Waals surface area contributed by atoms with Crippen LogP contribution < -0.4 is 5.32 Å². The number of nitrogens with one attached hydrogen (secondary N) is 1. The number of halogens is 1. The lowest BCUT2D eigenvalue weighted by atomic mass is 9.53. The Bertz CT molecular complexity index is 1420. The maximum absolute atomic E-state index is 13.9. The summed E-state index contributed by atoms with van der Waals surface area (Å²) in [7, 11) is 0. The molecule has 2 aromatic carbocycles. The molecule has 0 spiro atoms. The van der Waals surface area contributed by atoms with Gasteiger partial charge in [0.25, 0.3) is 5.91 Å². The summed E-state index contributed by atoms with van der Waals surface area (Å²) >= 11 is 0. The Morgan fingerprint density at radius 3 is 2.73 bits per heavy atom. The van der Waals surface area contributed by atoms with Gasteiger partial charge in [-0.1, -0.05) is 48.5 Å². The standard InChI is InChI=1S/C33H36FN3O3/c1-33-16-14-23-22-7-3-2-6-20(22)10-12-25(23)31(33)27(18-30(33)37-40)24(28-13-11-21(34)19-36-28)15-17-35-32(39)26-8-4-5-9-29(26)38/h2-9,11,13,19,23-25,27,31,38,40H,10,12,14-18H2,1H3,(H,35,39)/b37-30+/t23?,24?,25?,27-,31?,33+/m0/s1. The smallest absolute Gasteiger partial charge is 0.255 e. The van der Waals surface area contributed by atoms with Gasteiger partial charge in [-0.25, -0.2) is 4.39 Å². The van der Waals surface area contributed by atoms with Crippen molar-refractivity contribution in [3.63, 3.8) is 0 Å². The fourth-order valence-corrected chi connectivity index (χ4v) is 8.32. The SMILES string of the molecule is C[C@]12CCC3c4ccccc4CCC3C1[C@H](C(CCNC(=O)c1ccccc1O)c1ccc(F)cn1)C/C2=N\O. The molecule has 0 bridgehead atoms. The molecule has 6 nitrogen and oxygen atoms in total. The zero-order valence-corrected chi connectivity index (χ0v) is 22.8. The summed E-state index contributed by atoms with van der Waals surface area (Å²) in [5.41, 5.74) is 4.57. The minimum atomic E-state index is -0.383. The molecule has 1 heterocycles. The van der Waals surface area contributed by atoms with Crippen molar-refractivity contribution >= 4 is 11.6 Å². The molecule has 0 aliphatic heterocycles. The van der Waals surface area contributed by atoms with Crippen molar-refractivity contribution in [2.24, 2.45) is 28.3 Å². The molecule has 208 valence electrons. The first-order valence-corrected chi connectivity index (χ1v) is 14.4. The third-order valence-electron chi connectivity index (χ3n) is 10.1. The van der Waals surface area contributed by atoms with Gasteiger partial charge in [0.2, 0.25) is 0 Å². The van der Waals surface area contributed by atoms with Crippen LogP contribution in [0.3, 0.4) is 0 Å². The summed E-state index contributed by atoms with van der Waals surface area (Å²) in [5.74, 6) is 0.473. The number of aromatic nitrogens is 1. The van der Waals surface area contributed by atoms with Gasteiger partial charge < -0.3 is 15.6 Å². The first-order chi connectivity index (χ1) is 19.4. The predicted octanol–water partition coefficient (Wildman–Crippen LogP) is 6.44. The lowest BCUT2D eigenvalue weighted by Crippen LogP contribution is -2.45. The fourth-order valence-electron chi connectivity index (χ4n) is 8.32. The monoisotopic (exact) mass is 541 g/mol. The number of benzene rings is 2. The van der Waals surface area contributed by atoms with Crippen LogP contribution in [0.5, 0.6) is 5.75 Å². The molecule has 6 rings (SSSR count). The number of hydrogen-bond donors (Lipinski definition) is 3. The van der Waals surface area contributed by atoms with Gasteiger partial charge in [-0.15, -0.1) is 0 Å². The molecule has 1 aromatic heterocycles. The number of fused-ring (bicyclic) bond motifs is 5. The second kappa shape index (κ2) is 10.7. The molecule has 0 saturated heterocycles. The highest BCUT2D eigenvalue weighted by Gasteiger charge is 2.59. The van der Waals surface area contributed by atoms with Crippen LogP contribution in [0, 0.1) is 29.0 Å². The Kier molecular flexibility index (Phi) is 7.07. The number of carbonyl (C=O) groups excluding carboxylic acids is 1. The maximum atomic E-state index is 13.9. The van der Waals surface area contributed by atoms with Gasteiger partial charge in [-0.05, 0) is 97.6 Å². The molecule has 6 atom stereocenters. The average Bonchev–Trinajstić information content (AvgIpc) is 3.28. The summed E-state index contributed by atoms with van der Waals surface area (Å²) in [6.45, 7) is 2.64. The van der Waals surface area contributed by atoms with Crippen LogP contribution in [-0.4, -0.2) is 33.5 Å². The van der Waals surface area contributed by atoms with E-state index in [-0.39, 0.29) is 46.2 Å². The summed E-state index contributed by atoms with van der Waals surface area (Å²) in [6, 6.07) is 18.5. The Hall–Kier alpha value is -3.74. The average molecular weight is 542 g/mol. The molecule has 40 heavy (non-hydrogen) atoms. The number of rotatable bonds is 6. The van der Waals surface area contributed by atoms with Crippen LogP contribution in [0.25, 0.3) is 0 Å². The van der Waals surface area contributed by atoms with E-state index in [1.54, 1.807) is 24.3 Å². The van der Waals surface area contributed by atoms with Gasteiger partial charge in [-0.2, -0.15) is 0 Å². The summed E-state index contributed by atoms with van der Waals surface area (Å²) in [5, 5.41) is 27.1. The summed E-state index contributed by atoms with van der Waals surface area (Å²) < 4.78 is 13.9. The van der Waals surface area contributed by atoms with Crippen molar-refractivity contribution in [3.8, 4) is 5.75 Å². The minimum Gasteiger partial charge on any atom is -0.507 e. The number of carbonyl (C=O) groups is 1. The summed E-state index contributed by atoms with van der Waals surface area (Å²) in [4.78, 5) is 17.4. The molecule has 3 aromatic rings. The number of phenolic OH excluding ortho intramolecular Hbond substituents is 1. The number of oxime groups is 1. The molecule has 1 amide bonds. The Labute approximate surface area is 234 Å². The van der Waals surface area contributed by atoms with Gasteiger partial charge in [0.15, 0.2) is 0 Å². The van der Waals surface area contributed by atoms with E-state index in [0.717, 1.165) is 37.1 Å². The zero-order valence-electron chi connectivity index (χ0n) is 22.8. The summed E-state index contributed by atoms with van der Waals surface area (Å²) in [6.07, 6.45) is 6.66. The van der Waals surface area contributed by atoms with E-state index in [4.69, 9.17) is 0 Å². The van der Waals surface area contributed by atoms with Gasteiger partial charge in [0, 0.05) is 23.6 Å². The molecule has 0 radical (unpaired) electrons. The first kappa shape index (κ1) is 26.5. The molecule has 3 aliphatic rings. The predicted molar refractivity (Wildman–Crippen MR) is 151 cm³/mol. The Balaban J connectivity index is 1.32. The Morgan fingerprint density at radius 1 is 1.15 bits per heavy atom. The molecule has 3 N–H and O–H groups in total. The van der Waals surface area contributed by atoms with Crippen LogP contribution in [0.4, 0.5) is 4.39 Å². The van der Waals surface area contributed by atoms with Crippen molar-refractivity contribution in [2.75, 3.05) is 6.54 Å². The largest absolute Gasteiger partial charge is 0.507 e. The van der Waals surface area contributed by atoms with Crippen molar-refractivity contribution in [2.45, 2.75) is 57.3 Å². The zero-order chi connectivity index (χ0) is 27.9. The van der Waals surface area contributed by atoms with Crippen molar-refractivity contribution in [1.29, 1.82) is 0 Å². The van der Waals surface area contributed by atoms with Crippen molar-refractivity contribution in [1.82, 2.24) is 10.3 Å². The molecule has 2 fully saturated rings. The van der Waals surface area contributed by atoms with E-state index in [2.05, 4.69) is 46.6 Å². The number of aromatic hydroxyl groups is 1. The highest BCUT2D eigenvalue weighted by molar-refractivity contribution is 5.96. The van der Waals surface area contributed by atoms with Gasteiger partial charge in [-0.3, -0.25) is 9.78 Å². The van der Waals surface area contributed by atoms with Crippen LogP contribution >= 0.6 is 0 Å². The number of hydrogen-bond acceptors (Lipinski definition) is 5. The van der Waals surface area contributed by atoms with Crippen molar-refractivity contribution < 1.29 is 19.5 Å². The maximum Gasteiger partial charge on any atom is 0.255 e. The van der Waals surface area contributed by atoms with E-state index in [0.29, 0.717) is 31.2 Å². The van der Waals surface area contributed by atoms with E-state index in [9.17, 15) is 19.5 Å². The van der Waals surface area contributed by atoms with E-state index in [1.165, 1.54) is 29.5 Å². The topological polar surface area (TPSA) is 94.8 Å². The molecular weight excluding hydrogens is 505 g/mol. The Morgan fingerprint density at radius 2 is 1.95 bits per heavy atom. The highest BCUT2D eigenvalue weighted by Crippen LogP contribution is 2.64. The van der Waals surface area contributed by atoms with Gasteiger partial charge >= 0.3 is 0 Å². The number of nitrogens with zero attached hydrogens (tertiary/aromatic N) is 2.